The fraction of sp³-hybridized carbons (Fsp3) is 0.208. The number of halogens is 1. The summed E-state index contributed by atoms with van der Waals surface area (Å²) >= 11 is 0. The van der Waals surface area contributed by atoms with Crippen LogP contribution < -0.4 is 5.32 Å². The lowest BCUT2D eigenvalue weighted by Crippen LogP contribution is -2.49. The quantitative estimate of drug-likeness (QED) is 0.461. The third kappa shape index (κ3) is 3.48. The molecule has 162 valence electrons. The molecule has 1 saturated heterocycles. The van der Waals surface area contributed by atoms with Crippen LogP contribution >= 0.6 is 0 Å². The van der Waals surface area contributed by atoms with Crippen LogP contribution in [0.15, 0.2) is 54.6 Å². The molecule has 0 bridgehead atoms. The van der Waals surface area contributed by atoms with Gasteiger partial charge in [0.25, 0.3) is 5.91 Å². The van der Waals surface area contributed by atoms with Gasteiger partial charge in [0.1, 0.15) is 11.6 Å². The number of aromatic hydroxyl groups is 1. The van der Waals surface area contributed by atoms with Crippen LogP contribution in [0.5, 0.6) is 5.75 Å². The number of hydrogen-bond acceptors (Lipinski definition) is 5. The Balaban J connectivity index is 1.62. The minimum atomic E-state index is -0.426. The van der Waals surface area contributed by atoms with E-state index in [2.05, 4.69) is 20.5 Å². The highest BCUT2D eigenvalue weighted by atomic mass is 19.1. The van der Waals surface area contributed by atoms with Crippen LogP contribution in [0.1, 0.15) is 27.7 Å². The summed E-state index contributed by atoms with van der Waals surface area (Å²) in [5.74, 6) is -0.378. The number of aryl methyl sites for hydroxylation is 1. The van der Waals surface area contributed by atoms with Crippen molar-refractivity contribution in [2.75, 3.05) is 19.6 Å². The van der Waals surface area contributed by atoms with Crippen LogP contribution in [0.3, 0.4) is 0 Å². The number of nitrogens with zero attached hydrogens (tertiary/aromatic N) is 3. The predicted molar refractivity (Wildman–Crippen MR) is 119 cm³/mol. The predicted octanol–water partition coefficient (Wildman–Crippen LogP) is 3.56. The van der Waals surface area contributed by atoms with Gasteiger partial charge in [-0.05, 0) is 43.3 Å². The second-order valence-electron chi connectivity index (χ2n) is 7.87. The lowest BCUT2D eigenvalue weighted by Gasteiger charge is -2.37. The Kier molecular flexibility index (Phi) is 5.07. The number of H-pyrrole nitrogens is 1. The number of amides is 1. The second kappa shape index (κ2) is 8.05. The summed E-state index contributed by atoms with van der Waals surface area (Å²) in [6.45, 7) is 3.37. The molecule has 1 amide bonds. The molecule has 0 saturated carbocycles. The van der Waals surface area contributed by atoms with Crippen molar-refractivity contribution >= 4 is 16.9 Å². The molecule has 1 fully saturated rings. The van der Waals surface area contributed by atoms with Crippen molar-refractivity contribution in [3.05, 3.63) is 77.2 Å². The standard InChI is InChI=1S/C24H22FN5O2/c1-14-22-18(12-20(27-23(22)29-28-14)15-6-8-16(31)9-7-15)24(32)30-11-10-26-13-21(30)17-4-2-3-5-19(17)25/h2-9,12,21,26,31H,10-11,13H2,1H3,(H,27,28,29). The van der Waals surface area contributed by atoms with Crippen molar-refractivity contribution in [1.29, 1.82) is 0 Å². The zero-order chi connectivity index (χ0) is 22.2. The summed E-state index contributed by atoms with van der Waals surface area (Å²) in [6.07, 6.45) is 0. The van der Waals surface area contributed by atoms with Crippen molar-refractivity contribution in [3.8, 4) is 17.0 Å². The Hall–Kier alpha value is -3.78. The summed E-state index contributed by atoms with van der Waals surface area (Å²) < 4.78 is 14.6. The van der Waals surface area contributed by atoms with Crippen molar-refractivity contribution < 1.29 is 14.3 Å². The van der Waals surface area contributed by atoms with Gasteiger partial charge in [-0.2, -0.15) is 5.10 Å². The number of pyridine rings is 1. The van der Waals surface area contributed by atoms with Gasteiger partial charge in [-0.1, -0.05) is 18.2 Å². The average molecular weight is 431 g/mol. The van der Waals surface area contributed by atoms with Crippen molar-refractivity contribution in [1.82, 2.24) is 25.4 Å². The fourth-order valence-electron chi connectivity index (χ4n) is 4.26. The highest BCUT2D eigenvalue weighted by Crippen LogP contribution is 2.31. The maximum atomic E-state index is 14.6. The summed E-state index contributed by atoms with van der Waals surface area (Å²) in [6, 6.07) is 14.5. The van der Waals surface area contributed by atoms with Gasteiger partial charge in [0, 0.05) is 30.8 Å². The maximum Gasteiger partial charge on any atom is 0.255 e. The Morgan fingerprint density at radius 1 is 1.19 bits per heavy atom. The molecule has 1 aliphatic heterocycles. The highest BCUT2D eigenvalue weighted by molar-refractivity contribution is 6.07. The molecule has 7 nitrogen and oxygen atoms in total. The van der Waals surface area contributed by atoms with Gasteiger partial charge >= 0.3 is 0 Å². The summed E-state index contributed by atoms with van der Waals surface area (Å²) in [5, 5.41) is 20.7. The van der Waals surface area contributed by atoms with Crippen molar-refractivity contribution in [2.45, 2.75) is 13.0 Å². The molecule has 1 aliphatic rings. The minimum absolute atomic E-state index is 0.150. The minimum Gasteiger partial charge on any atom is -0.508 e. The number of rotatable bonds is 3. The van der Waals surface area contributed by atoms with Crippen LogP contribution in [-0.4, -0.2) is 50.7 Å². The van der Waals surface area contributed by atoms with Crippen molar-refractivity contribution in [2.24, 2.45) is 0 Å². The van der Waals surface area contributed by atoms with Gasteiger partial charge in [-0.25, -0.2) is 9.37 Å². The number of carbonyl (C=O) groups excluding carboxylic acids is 1. The molecule has 0 spiro atoms. The Labute approximate surface area is 183 Å². The number of benzene rings is 2. The third-order valence-electron chi connectivity index (χ3n) is 5.87. The van der Waals surface area contributed by atoms with Gasteiger partial charge in [0.2, 0.25) is 0 Å². The largest absolute Gasteiger partial charge is 0.508 e. The first kappa shape index (κ1) is 20.1. The van der Waals surface area contributed by atoms with Crippen LogP contribution in [0, 0.1) is 12.7 Å². The number of nitrogens with one attached hydrogen (secondary N) is 2. The van der Waals surface area contributed by atoms with E-state index in [1.165, 1.54) is 6.07 Å². The molecule has 0 radical (unpaired) electrons. The first-order valence-corrected chi connectivity index (χ1v) is 10.4. The Morgan fingerprint density at radius 3 is 2.75 bits per heavy atom. The van der Waals surface area contributed by atoms with Gasteiger partial charge < -0.3 is 15.3 Å². The topological polar surface area (TPSA) is 94.1 Å². The van der Waals surface area contributed by atoms with E-state index in [4.69, 9.17) is 0 Å². The van der Waals surface area contributed by atoms with E-state index in [0.29, 0.717) is 53.2 Å². The SMILES string of the molecule is Cc1n[nH]c2nc(-c3ccc(O)cc3)cc(C(=O)N3CCNCC3c3ccccc3F)c12. The number of phenols is 1. The summed E-state index contributed by atoms with van der Waals surface area (Å²) in [7, 11) is 0. The van der Waals surface area contributed by atoms with E-state index in [-0.39, 0.29) is 17.5 Å². The maximum absolute atomic E-state index is 14.6. The number of piperazine rings is 1. The average Bonchev–Trinajstić information content (AvgIpc) is 3.19. The smallest absolute Gasteiger partial charge is 0.255 e. The van der Waals surface area contributed by atoms with E-state index in [9.17, 15) is 14.3 Å². The van der Waals surface area contributed by atoms with E-state index >= 15 is 0 Å². The zero-order valence-corrected chi connectivity index (χ0v) is 17.5. The van der Waals surface area contributed by atoms with E-state index in [0.717, 1.165) is 5.56 Å². The lowest BCUT2D eigenvalue weighted by molar-refractivity contribution is 0.0632. The molecule has 3 N–H and O–H groups in total. The molecule has 0 aliphatic carbocycles. The van der Waals surface area contributed by atoms with E-state index in [1.54, 1.807) is 53.4 Å². The van der Waals surface area contributed by atoms with Gasteiger partial charge in [0.15, 0.2) is 5.65 Å². The van der Waals surface area contributed by atoms with E-state index in [1.807, 2.05) is 6.92 Å². The highest BCUT2D eigenvalue weighted by Gasteiger charge is 2.32. The molecule has 1 unspecified atom stereocenters. The molecule has 5 rings (SSSR count). The second-order valence-corrected chi connectivity index (χ2v) is 7.87. The number of aromatic nitrogens is 3. The molecule has 8 heteroatoms. The Morgan fingerprint density at radius 2 is 1.97 bits per heavy atom. The van der Waals surface area contributed by atoms with Crippen LogP contribution in [0.4, 0.5) is 4.39 Å². The number of aromatic amines is 1. The van der Waals surface area contributed by atoms with Gasteiger partial charge in [-0.3, -0.25) is 9.89 Å². The molecule has 3 heterocycles. The monoisotopic (exact) mass is 431 g/mol. The van der Waals surface area contributed by atoms with Crippen LogP contribution in [0.25, 0.3) is 22.3 Å². The first-order chi connectivity index (χ1) is 15.5. The number of phenolic OH excluding ortho intramolecular Hbond substituents is 1. The zero-order valence-electron chi connectivity index (χ0n) is 17.5. The molecular formula is C24H22FN5O2. The van der Waals surface area contributed by atoms with Gasteiger partial charge in [0.05, 0.1) is 28.4 Å². The van der Waals surface area contributed by atoms with E-state index < -0.39 is 6.04 Å². The molecule has 2 aromatic carbocycles. The molecular weight excluding hydrogens is 409 g/mol. The summed E-state index contributed by atoms with van der Waals surface area (Å²) in [5.41, 5.74) is 3.48. The molecule has 1 atom stereocenters. The fourth-order valence-corrected chi connectivity index (χ4v) is 4.26. The van der Waals surface area contributed by atoms with Crippen LogP contribution in [0.2, 0.25) is 0 Å². The van der Waals surface area contributed by atoms with Gasteiger partial charge in [-0.15, -0.1) is 0 Å². The van der Waals surface area contributed by atoms with Crippen molar-refractivity contribution in [3.63, 3.8) is 0 Å². The third-order valence-corrected chi connectivity index (χ3v) is 5.87. The summed E-state index contributed by atoms with van der Waals surface area (Å²) in [4.78, 5) is 20.2. The number of carbonyl (C=O) groups is 1. The molecule has 2 aromatic heterocycles. The number of hydrogen-bond donors (Lipinski definition) is 3. The number of fused-ring (bicyclic) bond motifs is 1. The molecule has 32 heavy (non-hydrogen) atoms. The molecule has 4 aromatic rings. The normalized spacial score (nSPS) is 16.4. The lowest BCUT2D eigenvalue weighted by atomic mass is 9.99. The first-order valence-electron chi connectivity index (χ1n) is 10.4. The Bertz CT molecular complexity index is 1300. The van der Waals surface area contributed by atoms with Crippen LogP contribution in [-0.2, 0) is 0 Å².